The van der Waals surface area contributed by atoms with Gasteiger partial charge in [-0.1, -0.05) is 0 Å². The van der Waals surface area contributed by atoms with E-state index in [4.69, 9.17) is 15.6 Å². The van der Waals surface area contributed by atoms with Crippen LogP contribution in [0.1, 0.15) is 6.42 Å². The second-order valence-electron chi connectivity index (χ2n) is 4.36. The first-order valence-electron chi connectivity index (χ1n) is 5.76. The number of nitrogens with zero attached hydrogens (tertiary/aromatic N) is 1. The fraction of sp³-hybridized carbons (Fsp3) is 0.800. The molecule has 1 heterocycles. The van der Waals surface area contributed by atoms with E-state index in [9.17, 15) is 18.0 Å². The first-order valence-corrected chi connectivity index (χ1v) is 7.58. The average molecular weight is 294 g/mol. The van der Waals surface area contributed by atoms with Gasteiger partial charge < -0.3 is 20.5 Å². The van der Waals surface area contributed by atoms with Gasteiger partial charge in [0.15, 0.2) is 9.84 Å². The van der Waals surface area contributed by atoms with Gasteiger partial charge in [-0.25, -0.2) is 8.42 Å². The number of sulfone groups is 1. The molecule has 0 saturated carbocycles. The van der Waals surface area contributed by atoms with Gasteiger partial charge in [-0.2, -0.15) is 0 Å². The van der Waals surface area contributed by atoms with Crippen molar-refractivity contribution in [2.45, 2.75) is 18.6 Å². The van der Waals surface area contributed by atoms with Gasteiger partial charge in [-0.3, -0.25) is 9.59 Å². The van der Waals surface area contributed by atoms with Crippen LogP contribution in [0.3, 0.4) is 0 Å². The topological polar surface area (TPSA) is 127 Å². The SMILES string of the molecule is COC(CN)C(=O)N1CCS(=O)(=O)CC1CC(=O)O. The van der Waals surface area contributed by atoms with Gasteiger partial charge in [0.1, 0.15) is 6.10 Å². The molecule has 1 fully saturated rings. The van der Waals surface area contributed by atoms with Crippen molar-refractivity contribution in [3.63, 3.8) is 0 Å². The second kappa shape index (κ2) is 6.31. The van der Waals surface area contributed by atoms with Crippen LogP contribution in [0.4, 0.5) is 0 Å². The highest BCUT2D eigenvalue weighted by Crippen LogP contribution is 2.16. The van der Waals surface area contributed by atoms with Gasteiger partial charge in [0, 0.05) is 20.2 Å². The van der Waals surface area contributed by atoms with Crippen molar-refractivity contribution < 1.29 is 27.9 Å². The van der Waals surface area contributed by atoms with Crippen molar-refractivity contribution in [1.29, 1.82) is 0 Å². The largest absolute Gasteiger partial charge is 0.481 e. The molecule has 2 atom stereocenters. The van der Waals surface area contributed by atoms with Gasteiger partial charge in [0.05, 0.1) is 24.0 Å². The molecule has 2 unspecified atom stereocenters. The lowest BCUT2D eigenvalue weighted by molar-refractivity contribution is -0.145. The predicted molar refractivity (Wildman–Crippen MR) is 66.3 cm³/mol. The summed E-state index contributed by atoms with van der Waals surface area (Å²) in [6, 6.07) is -0.868. The van der Waals surface area contributed by atoms with Gasteiger partial charge in [-0.15, -0.1) is 0 Å². The third kappa shape index (κ3) is 4.15. The molecule has 9 heteroatoms. The molecular weight excluding hydrogens is 276 g/mol. The minimum Gasteiger partial charge on any atom is -0.481 e. The van der Waals surface area contributed by atoms with Crippen molar-refractivity contribution in [1.82, 2.24) is 4.90 Å². The molecule has 1 amide bonds. The fourth-order valence-electron chi connectivity index (χ4n) is 2.03. The molecule has 19 heavy (non-hydrogen) atoms. The minimum absolute atomic E-state index is 0.0288. The third-order valence-corrected chi connectivity index (χ3v) is 4.69. The number of rotatable bonds is 5. The van der Waals surface area contributed by atoms with Crippen LogP contribution in [0.25, 0.3) is 0 Å². The Balaban J connectivity index is 2.90. The maximum Gasteiger partial charge on any atom is 0.305 e. The summed E-state index contributed by atoms with van der Waals surface area (Å²) in [5, 5.41) is 8.80. The Hall–Kier alpha value is -1.19. The van der Waals surface area contributed by atoms with Gasteiger partial charge in [-0.05, 0) is 0 Å². The number of amides is 1. The van der Waals surface area contributed by atoms with Crippen LogP contribution in [0.2, 0.25) is 0 Å². The molecule has 0 aromatic heterocycles. The second-order valence-corrected chi connectivity index (χ2v) is 6.59. The Bertz CT molecular complexity index is 445. The molecule has 0 radical (unpaired) electrons. The van der Waals surface area contributed by atoms with E-state index in [0.29, 0.717) is 0 Å². The molecule has 0 bridgehead atoms. The summed E-state index contributed by atoms with van der Waals surface area (Å²) in [4.78, 5) is 24.1. The Kier molecular flexibility index (Phi) is 5.27. The number of aliphatic carboxylic acids is 1. The summed E-state index contributed by atoms with van der Waals surface area (Å²) < 4.78 is 28.0. The minimum atomic E-state index is -3.31. The molecule has 3 N–H and O–H groups in total. The van der Waals surface area contributed by atoms with Crippen molar-refractivity contribution in [2.75, 3.05) is 31.7 Å². The van der Waals surface area contributed by atoms with E-state index in [1.807, 2.05) is 0 Å². The number of hydrogen-bond acceptors (Lipinski definition) is 6. The lowest BCUT2D eigenvalue weighted by atomic mass is 10.1. The summed E-state index contributed by atoms with van der Waals surface area (Å²) in [5.41, 5.74) is 5.38. The zero-order valence-corrected chi connectivity index (χ0v) is 11.4. The Morgan fingerprint density at radius 1 is 1.53 bits per heavy atom. The molecule has 0 aromatic rings. The molecular formula is C10H18N2O6S. The fourth-order valence-corrected chi connectivity index (χ4v) is 3.56. The van der Waals surface area contributed by atoms with Gasteiger partial charge >= 0.3 is 5.97 Å². The summed E-state index contributed by atoms with van der Waals surface area (Å²) >= 11 is 0. The van der Waals surface area contributed by atoms with Crippen LogP contribution in [0, 0.1) is 0 Å². The maximum atomic E-state index is 12.1. The summed E-state index contributed by atoms with van der Waals surface area (Å²) in [7, 11) is -1.99. The highest BCUT2D eigenvalue weighted by atomic mass is 32.2. The van der Waals surface area contributed by atoms with Gasteiger partial charge in [0.25, 0.3) is 5.91 Å². The molecule has 0 aliphatic carbocycles. The lowest BCUT2D eigenvalue weighted by Gasteiger charge is -2.36. The first kappa shape index (κ1) is 15.9. The molecule has 110 valence electrons. The number of carboxylic acids is 1. The number of carbonyl (C=O) groups is 2. The normalized spacial score (nSPS) is 23.9. The van der Waals surface area contributed by atoms with E-state index in [1.165, 1.54) is 12.0 Å². The van der Waals surface area contributed by atoms with Crippen LogP contribution in [0.15, 0.2) is 0 Å². The van der Waals surface area contributed by atoms with Crippen LogP contribution in [-0.4, -0.2) is 74.2 Å². The number of methoxy groups -OCH3 is 1. The Morgan fingerprint density at radius 2 is 2.16 bits per heavy atom. The average Bonchev–Trinajstić information content (AvgIpc) is 2.28. The zero-order valence-electron chi connectivity index (χ0n) is 10.6. The highest BCUT2D eigenvalue weighted by Gasteiger charge is 2.37. The number of carbonyl (C=O) groups excluding carboxylic acids is 1. The number of nitrogens with two attached hydrogens (primary N) is 1. The Labute approximate surface area is 111 Å². The van der Waals surface area contributed by atoms with Gasteiger partial charge in [0.2, 0.25) is 0 Å². The van der Waals surface area contributed by atoms with Crippen molar-refractivity contribution in [3.8, 4) is 0 Å². The summed E-state index contributed by atoms with van der Waals surface area (Å²) in [6.07, 6.45) is -1.29. The van der Waals surface area contributed by atoms with E-state index in [2.05, 4.69) is 0 Å². The van der Waals surface area contributed by atoms with E-state index < -0.39 is 40.3 Å². The highest BCUT2D eigenvalue weighted by molar-refractivity contribution is 7.91. The maximum absolute atomic E-state index is 12.1. The molecule has 1 rings (SSSR count). The number of hydrogen-bond donors (Lipinski definition) is 2. The van der Waals surface area contributed by atoms with E-state index in [0.717, 1.165) is 0 Å². The van der Waals surface area contributed by atoms with Crippen molar-refractivity contribution in [3.05, 3.63) is 0 Å². The molecule has 0 aromatic carbocycles. The molecule has 1 aliphatic rings. The summed E-state index contributed by atoms with van der Waals surface area (Å²) in [6.45, 7) is -0.0721. The molecule has 1 aliphatic heterocycles. The predicted octanol–water partition coefficient (Wildman–Crippen LogP) is -1.94. The van der Waals surface area contributed by atoms with Crippen LogP contribution < -0.4 is 5.73 Å². The van der Waals surface area contributed by atoms with Crippen molar-refractivity contribution in [2.24, 2.45) is 5.73 Å². The molecule has 8 nitrogen and oxygen atoms in total. The number of ether oxygens (including phenoxy) is 1. The zero-order chi connectivity index (χ0) is 14.6. The molecule has 1 saturated heterocycles. The smallest absolute Gasteiger partial charge is 0.305 e. The lowest BCUT2D eigenvalue weighted by Crippen LogP contribution is -2.56. The monoisotopic (exact) mass is 294 g/mol. The van der Waals surface area contributed by atoms with Crippen LogP contribution >= 0.6 is 0 Å². The van der Waals surface area contributed by atoms with Crippen molar-refractivity contribution >= 4 is 21.7 Å². The van der Waals surface area contributed by atoms with Crippen LogP contribution in [0.5, 0.6) is 0 Å². The summed E-state index contributed by atoms with van der Waals surface area (Å²) in [5.74, 6) is -2.13. The molecule has 0 spiro atoms. The third-order valence-electron chi connectivity index (χ3n) is 3.00. The first-order chi connectivity index (χ1) is 8.80. The Morgan fingerprint density at radius 3 is 2.63 bits per heavy atom. The quantitative estimate of drug-likeness (QED) is 0.604. The standard InChI is InChI=1S/C10H18N2O6S/c1-18-8(5-11)10(15)12-2-3-19(16,17)6-7(12)4-9(13)14/h7-8H,2-6,11H2,1H3,(H,13,14). The van der Waals surface area contributed by atoms with Crippen LogP contribution in [-0.2, 0) is 24.2 Å². The van der Waals surface area contributed by atoms with E-state index in [-0.39, 0.29) is 24.6 Å². The number of carboxylic acid groups (broad SMARTS) is 1. The van der Waals surface area contributed by atoms with E-state index in [1.54, 1.807) is 0 Å². The van der Waals surface area contributed by atoms with E-state index >= 15 is 0 Å².